The molecule has 0 aromatic carbocycles. The highest BCUT2D eigenvalue weighted by atomic mass is 16.6. The fraction of sp³-hybridized carbons (Fsp3) is 1.00. The number of hydrogen-bond acceptors (Lipinski definition) is 6. The fourth-order valence-electron chi connectivity index (χ4n) is 0.973. The molecule has 0 aliphatic heterocycles. The van der Waals surface area contributed by atoms with Gasteiger partial charge in [-0.3, -0.25) is 0 Å². The van der Waals surface area contributed by atoms with Crippen LogP contribution in [0.3, 0.4) is 0 Å². The summed E-state index contributed by atoms with van der Waals surface area (Å²) in [6.45, 7) is 1.78. The summed E-state index contributed by atoms with van der Waals surface area (Å²) in [6, 6.07) is 0. The topological polar surface area (TPSA) is 94.2 Å². The van der Waals surface area contributed by atoms with E-state index < -0.39 is 6.10 Å². The summed E-state index contributed by atoms with van der Waals surface area (Å²) in [5.74, 6) is 0. The van der Waals surface area contributed by atoms with Crippen molar-refractivity contribution in [1.82, 2.24) is 0 Å². The van der Waals surface area contributed by atoms with Crippen LogP contribution in [-0.4, -0.2) is 69.1 Å². The van der Waals surface area contributed by atoms with Crippen LogP contribution in [0.5, 0.6) is 0 Å². The molecule has 0 saturated heterocycles. The summed E-state index contributed by atoms with van der Waals surface area (Å²) in [7, 11) is 1.57. The lowest BCUT2D eigenvalue weighted by Crippen LogP contribution is -2.28. The molecule has 0 aromatic heterocycles. The summed E-state index contributed by atoms with van der Waals surface area (Å²) >= 11 is 0. The molecule has 0 spiro atoms. The van der Waals surface area contributed by atoms with E-state index in [0.717, 1.165) is 6.42 Å². The van der Waals surface area contributed by atoms with E-state index in [1.807, 2.05) is 0 Å². The molecular formula is C10H23NO5. The van der Waals surface area contributed by atoms with Crippen LogP contribution < -0.4 is 5.73 Å². The normalized spacial score (nSPS) is 15.0. The molecule has 2 atom stereocenters. The predicted octanol–water partition coefficient (Wildman–Crippen LogP) is -1.26. The van der Waals surface area contributed by atoms with Gasteiger partial charge in [0.2, 0.25) is 0 Å². The maximum Gasteiger partial charge on any atom is 0.104 e. The minimum absolute atomic E-state index is 0.0964. The average molecular weight is 237 g/mol. The summed E-state index contributed by atoms with van der Waals surface area (Å²) in [4.78, 5) is 0. The van der Waals surface area contributed by atoms with Crippen LogP contribution in [0.1, 0.15) is 6.42 Å². The Morgan fingerprint density at radius 1 is 1.19 bits per heavy atom. The first kappa shape index (κ1) is 15.8. The van der Waals surface area contributed by atoms with Crippen molar-refractivity contribution in [2.45, 2.75) is 18.6 Å². The molecule has 0 saturated carbocycles. The molecule has 0 heterocycles. The van der Waals surface area contributed by atoms with E-state index in [-0.39, 0.29) is 19.3 Å². The molecule has 2 unspecified atom stereocenters. The molecule has 0 bridgehead atoms. The zero-order valence-corrected chi connectivity index (χ0v) is 9.80. The van der Waals surface area contributed by atoms with E-state index in [0.29, 0.717) is 26.4 Å². The third kappa shape index (κ3) is 9.02. The molecule has 0 amide bonds. The van der Waals surface area contributed by atoms with Crippen molar-refractivity contribution in [3.05, 3.63) is 0 Å². The van der Waals surface area contributed by atoms with E-state index in [9.17, 15) is 0 Å². The molecule has 0 fully saturated rings. The van der Waals surface area contributed by atoms with E-state index in [1.54, 1.807) is 7.11 Å². The van der Waals surface area contributed by atoms with E-state index in [4.69, 9.17) is 30.2 Å². The number of ether oxygens (including phenoxy) is 3. The summed E-state index contributed by atoms with van der Waals surface area (Å²) in [5.41, 5.74) is 5.32. The van der Waals surface area contributed by atoms with Crippen LogP contribution in [-0.2, 0) is 14.2 Å². The summed E-state index contributed by atoms with van der Waals surface area (Å²) < 4.78 is 15.6. The Morgan fingerprint density at radius 2 is 1.88 bits per heavy atom. The lowest BCUT2D eigenvalue weighted by atomic mass is 10.4. The second-order valence-corrected chi connectivity index (χ2v) is 3.45. The first-order valence-corrected chi connectivity index (χ1v) is 5.41. The van der Waals surface area contributed by atoms with Crippen LogP contribution in [0, 0.1) is 0 Å². The average Bonchev–Trinajstić information content (AvgIpc) is 2.31. The number of aliphatic hydroxyl groups excluding tert-OH is 2. The highest BCUT2D eigenvalue weighted by Gasteiger charge is 2.09. The monoisotopic (exact) mass is 237 g/mol. The van der Waals surface area contributed by atoms with Gasteiger partial charge in [-0.05, 0) is 13.0 Å². The van der Waals surface area contributed by atoms with Crippen molar-refractivity contribution < 1.29 is 24.4 Å². The second kappa shape index (κ2) is 11.3. The Kier molecular flexibility index (Phi) is 11.1. The molecule has 0 rings (SSSR count). The largest absolute Gasteiger partial charge is 0.394 e. The number of aliphatic hydroxyl groups is 2. The van der Waals surface area contributed by atoms with Gasteiger partial charge in [0.1, 0.15) is 12.2 Å². The Balaban J connectivity index is 3.43. The van der Waals surface area contributed by atoms with Gasteiger partial charge in [-0.2, -0.15) is 0 Å². The summed E-state index contributed by atoms with van der Waals surface area (Å²) in [5, 5.41) is 17.6. The quantitative estimate of drug-likeness (QED) is 0.388. The van der Waals surface area contributed by atoms with Gasteiger partial charge in [0.05, 0.1) is 26.4 Å². The van der Waals surface area contributed by atoms with E-state index in [2.05, 4.69) is 0 Å². The number of methoxy groups -OCH3 is 1. The lowest BCUT2D eigenvalue weighted by Gasteiger charge is -2.16. The highest BCUT2D eigenvalue weighted by Crippen LogP contribution is 1.95. The van der Waals surface area contributed by atoms with Crippen LogP contribution in [0.2, 0.25) is 0 Å². The molecule has 0 radical (unpaired) electrons. The summed E-state index contributed by atoms with van der Waals surface area (Å²) in [6.07, 6.45) is -0.181. The second-order valence-electron chi connectivity index (χ2n) is 3.45. The van der Waals surface area contributed by atoms with E-state index >= 15 is 0 Å². The van der Waals surface area contributed by atoms with Crippen molar-refractivity contribution in [2.75, 3.05) is 46.7 Å². The molecule has 98 valence electrons. The third-order valence-electron chi connectivity index (χ3n) is 1.95. The lowest BCUT2D eigenvalue weighted by molar-refractivity contribution is -0.0623. The van der Waals surface area contributed by atoms with Gasteiger partial charge in [-0.1, -0.05) is 0 Å². The van der Waals surface area contributed by atoms with Crippen LogP contribution in [0.15, 0.2) is 0 Å². The predicted molar refractivity (Wildman–Crippen MR) is 59.2 cm³/mol. The van der Waals surface area contributed by atoms with Gasteiger partial charge in [0.15, 0.2) is 0 Å². The van der Waals surface area contributed by atoms with Gasteiger partial charge < -0.3 is 30.2 Å². The third-order valence-corrected chi connectivity index (χ3v) is 1.95. The Morgan fingerprint density at radius 3 is 2.44 bits per heavy atom. The first-order valence-electron chi connectivity index (χ1n) is 5.41. The SMILES string of the molecule is COC(COCCCN)COCC(O)CO. The molecule has 0 aromatic rings. The zero-order chi connectivity index (χ0) is 12.2. The van der Waals surface area contributed by atoms with Crippen LogP contribution >= 0.6 is 0 Å². The number of rotatable bonds is 11. The van der Waals surface area contributed by atoms with Gasteiger partial charge in [-0.15, -0.1) is 0 Å². The minimum atomic E-state index is -0.837. The van der Waals surface area contributed by atoms with Gasteiger partial charge in [-0.25, -0.2) is 0 Å². The Bertz CT molecular complexity index is 147. The smallest absolute Gasteiger partial charge is 0.104 e. The van der Waals surface area contributed by atoms with E-state index in [1.165, 1.54) is 0 Å². The van der Waals surface area contributed by atoms with Crippen molar-refractivity contribution >= 4 is 0 Å². The molecule has 6 heteroatoms. The van der Waals surface area contributed by atoms with Crippen molar-refractivity contribution in [1.29, 1.82) is 0 Å². The van der Waals surface area contributed by atoms with Gasteiger partial charge in [0, 0.05) is 13.7 Å². The van der Waals surface area contributed by atoms with Gasteiger partial charge >= 0.3 is 0 Å². The van der Waals surface area contributed by atoms with Gasteiger partial charge in [0.25, 0.3) is 0 Å². The highest BCUT2D eigenvalue weighted by molar-refractivity contribution is 4.56. The van der Waals surface area contributed by atoms with Crippen molar-refractivity contribution in [2.24, 2.45) is 5.73 Å². The number of hydrogen-bond donors (Lipinski definition) is 3. The molecule has 16 heavy (non-hydrogen) atoms. The van der Waals surface area contributed by atoms with Crippen LogP contribution in [0.25, 0.3) is 0 Å². The van der Waals surface area contributed by atoms with Crippen LogP contribution in [0.4, 0.5) is 0 Å². The van der Waals surface area contributed by atoms with Crippen molar-refractivity contribution in [3.8, 4) is 0 Å². The zero-order valence-electron chi connectivity index (χ0n) is 9.80. The molecular weight excluding hydrogens is 214 g/mol. The standard InChI is InChI=1S/C10H23NO5/c1-14-10(7-15-4-2-3-11)8-16-6-9(13)5-12/h9-10,12-13H,2-8,11H2,1H3. The number of nitrogens with two attached hydrogens (primary N) is 1. The molecule has 0 aliphatic carbocycles. The fourth-order valence-corrected chi connectivity index (χ4v) is 0.973. The minimum Gasteiger partial charge on any atom is -0.394 e. The Labute approximate surface area is 96.3 Å². The Hall–Kier alpha value is -0.240. The molecule has 4 N–H and O–H groups in total. The molecule has 6 nitrogen and oxygen atoms in total. The molecule has 0 aliphatic rings. The van der Waals surface area contributed by atoms with Crippen molar-refractivity contribution in [3.63, 3.8) is 0 Å². The first-order chi connectivity index (χ1) is 7.74. The maximum atomic E-state index is 9.03. The maximum absolute atomic E-state index is 9.03.